The molecule has 0 bridgehead atoms. The first kappa shape index (κ1) is 12.0. The zero-order valence-corrected chi connectivity index (χ0v) is 10.2. The van der Waals surface area contributed by atoms with Gasteiger partial charge in [-0.1, -0.05) is 37.1 Å². The molecule has 17 heavy (non-hydrogen) atoms. The second kappa shape index (κ2) is 6.33. The summed E-state index contributed by atoms with van der Waals surface area (Å²) in [7, 11) is 0. The van der Waals surface area contributed by atoms with Crippen molar-refractivity contribution < 1.29 is 4.79 Å². The highest BCUT2D eigenvalue weighted by Crippen LogP contribution is 2.12. The normalized spacial score (nSPS) is 16.8. The smallest absolute Gasteiger partial charge is 0.150 e. The van der Waals surface area contributed by atoms with Gasteiger partial charge in [0.2, 0.25) is 0 Å². The van der Waals surface area contributed by atoms with Gasteiger partial charge in [0, 0.05) is 24.2 Å². The Labute approximate surface area is 103 Å². The molecule has 2 heteroatoms. The lowest BCUT2D eigenvalue weighted by atomic mass is 10.0. The Morgan fingerprint density at radius 3 is 2.59 bits per heavy atom. The maximum absolute atomic E-state index is 10.6. The third kappa shape index (κ3) is 3.81. The summed E-state index contributed by atoms with van der Waals surface area (Å²) in [6, 6.07) is 7.83. The van der Waals surface area contributed by atoms with Gasteiger partial charge in [0.25, 0.3) is 0 Å². The predicted molar refractivity (Wildman–Crippen MR) is 70.9 cm³/mol. The van der Waals surface area contributed by atoms with Crippen LogP contribution in [0.2, 0.25) is 0 Å². The molecule has 1 aromatic carbocycles. The summed E-state index contributed by atoms with van der Waals surface area (Å²) >= 11 is 0. The van der Waals surface area contributed by atoms with E-state index in [4.69, 9.17) is 0 Å². The van der Waals surface area contributed by atoms with Crippen molar-refractivity contribution in [2.45, 2.75) is 38.5 Å². The molecule has 0 unspecified atom stereocenters. The van der Waals surface area contributed by atoms with Gasteiger partial charge in [-0.15, -0.1) is 0 Å². The lowest BCUT2D eigenvalue weighted by Gasteiger charge is -2.10. The van der Waals surface area contributed by atoms with E-state index in [0.29, 0.717) is 0 Å². The van der Waals surface area contributed by atoms with E-state index in [1.165, 1.54) is 37.0 Å². The molecule has 90 valence electrons. The van der Waals surface area contributed by atoms with Gasteiger partial charge in [-0.05, 0) is 24.8 Å². The summed E-state index contributed by atoms with van der Waals surface area (Å²) in [5.74, 6) is 0. The van der Waals surface area contributed by atoms with Crippen LogP contribution in [-0.2, 0) is 6.42 Å². The van der Waals surface area contributed by atoms with E-state index in [9.17, 15) is 4.79 Å². The van der Waals surface area contributed by atoms with Gasteiger partial charge in [-0.3, -0.25) is 9.79 Å². The largest absolute Gasteiger partial charge is 0.298 e. The Morgan fingerprint density at radius 1 is 1.06 bits per heavy atom. The van der Waals surface area contributed by atoms with Crippen molar-refractivity contribution in [3.63, 3.8) is 0 Å². The SMILES string of the molecule is O=Cc1ccc(CC2=NCCCCCC2)cc1. The van der Waals surface area contributed by atoms with Crippen molar-refractivity contribution in [1.29, 1.82) is 0 Å². The summed E-state index contributed by atoms with van der Waals surface area (Å²) in [5, 5.41) is 0. The average Bonchev–Trinajstić information content (AvgIpc) is 2.33. The highest BCUT2D eigenvalue weighted by atomic mass is 16.1. The number of hydrogen-bond donors (Lipinski definition) is 0. The van der Waals surface area contributed by atoms with Crippen LogP contribution in [0.3, 0.4) is 0 Å². The second-order valence-electron chi connectivity index (χ2n) is 4.65. The van der Waals surface area contributed by atoms with Crippen LogP contribution >= 0.6 is 0 Å². The lowest BCUT2D eigenvalue weighted by molar-refractivity contribution is 0.112. The first-order chi connectivity index (χ1) is 8.38. The molecular formula is C15H19NO. The van der Waals surface area contributed by atoms with Crippen LogP contribution in [0.4, 0.5) is 0 Å². The molecule has 0 atom stereocenters. The first-order valence-corrected chi connectivity index (χ1v) is 6.45. The number of nitrogens with zero attached hydrogens (tertiary/aromatic N) is 1. The summed E-state index contributed by atoms with van der Waals surface area (Å²) in [6.07, 6.45) is 8.12. The van der Waals surface area contributed by atoms with Gasteiger partial charge < -0.3 is 0 Å². The number of rotatable bonds is 3. The maximum atomic E-state index is 10.6. The van der Waals surface area contributed by atoms with Gasteiger partial charge in [0.15, 0.2) is 0 Å². The summed E-state index contributed by atoms with van der Waals surface area (Å²) in [5.41, 5.74) is 3.33. The Hall–Kier alpha value is -1.44. The molecule has 0 aliphatic carbocycles. The van der Waals surface area contributed by atoms with E-state index in [1.807, 2.05) is 24.3 Å². The third-order valence-corrected chi connectivity index (χ3v) is 3.23. The molecule has 0 spiro atoms. The van der Waals surface area contributed by atoms with E-state index < -0.39 is 0 Å². The Bertz CT molecular complexity index is 392. The molecule has 0 amide bonds. The van der Waals surface area contributed by atoms with E-state index in [2.05, 4.69) is 4.99 Å². The summed E-state index contributed by atoms with van der Waals surface area (Å²) in [6.45, 7) is 0.988. The van der Waals surface area contributed by atoms with Crippen LogP contribution in [0.5, 0.6) is 0 Å². The van der Waals surface area contributed by atoms with Crippen LogP contribution in [0, 0.1) is 0 Å². The summed E-state index contributed by atoms with van der Waals surface area (Å²) in [4.78, 5) is 15.2. The quantitative estimate of drug-likeness (QED) is 0.730. The number of benzene rings is 1. The molecule has 2 rings (SSSR count). The zero-order valence-electron chi connectivity index (χ0n) is 10.2. The zero-order chi connectivity index (χ0) is 11.9. The van der Waals surface area contributed by atoms with Crippen LogP contribution in [-0.4, -0.2) is 18.5 Å². The van der Waals surface area contributed by atoms with Crippen molar-refractivity contribution in [2.75, 3.05) is 6.54 Å². The van der Waals surface area contributed by atoms with Gasteiger partial charge in [0.1, 0.15) is 6.29 Å². The molecule has 0 saturated carbocycles. The fourth-order valence-electron chi connectivity index (χ4n) is 2.20. The lowest BCUT2D eigenvalue weighted by Crippen LogP contribution is -2.07. The van der Waals surface area contributed by atoms with Gasteiger partial charge in [-0.2, -0.15) is 0 Å². The average molecular weight is 229 g/mol. The maximum Gasteiger partial charge on any atom is 0.150 e. The Morgan fingerprint density at radius 2 is 1.82 bits per heavy atom. The van der Waals surface area contributed by atoms with Gasteiger partial charge >= 0.3 is 0 Å². The minimum atomic E-state index is 0.744. The number of aldehydes is 1. The van der Waals surface area contributed by atoms with Crippen LogP contribution in [0.25, 0.3) is 0 Å². The predicted octanol–water partition coefficient (Wildman–Crippen LogP) is 3.45. The topological polar surface area (TPSA) is 29.4 Å². The molecule has 1 aliphatic rings. The van der Waals surface area contributed by atoms with Crippen LogP contribution in [0.15, 0.2) is 29.3 Å². The van der Waals surface area contributed by atoms with Crippen molar-refractivity contribution in [2.24, 2.45) is 4.99 Å². The highest BCUT2D eigenvalue weighted by Gasteiger charge is 2.04. The molecule has 1 aliphatic heterocycles. The third-order valence-electron chi connectivity index (χ3n) is 3.23. The van der Waals surface area contributed by atoms with E-state index in [1.54, 1.807) is 0 Å². The van der Waals surface area contributed by atoms with Crippen LogP contribution < -0.4 is 0 Å². The minimum absolute atomic E-state index is 0.744. The minimum Gasteiger partial charge on any atom is -0.298 e. The van der Waals surface area contributed by atoms with Gasteiger partial charge in [0.05, 0.1) is 0 Å². The molecular weight excluding hydrogens is 210 g/mol. The monoisotopic (exact) mass is 229 g/mol. The number of hydrogen-bond acceptors (Lipinski definition) is 2. The molecule has 0 radical (unpaired) electrons. The van der Waals surface area contributed by atoms with E-state index in [-0.39, 0.29) is 0 Å². The second-order valence-corrected chi connectivity index (χ2v) is 4.65. The van der Waals surface area contributed by atoms with Crippen molar-refractivity contribution >= 4 is 12.0 Å². The molecule has 0 saturated heterocycles. The van der Waals surface area contributed by atoms with Crippen molar-refractivity contribution in [3.05, 3.63) is 35.4 Å². The highest BCUT2D eigenvalue weighted by molar-refractivity contribution is 5.86. The first-order valence-electron chi connectivity index (χ1n) is 6.45. The van der Waals surface area contributed by atoms with Crippen molar-refractivity contribution in [1.82, 2.24) is 0 Å². The summed E-state index contributed by atoms with van der Waals surface area (Å²) < 4.78 is 0. The molecule has 0 aromatic heterocycles. The van der Waals surface area contributed by atoms with E-state index >= 15 is 0 Å². The Kier molecular flexibility index (Phi) is 4.48. The molecule has 2 nitrogen and oxygen atoms in total. The van der Waals surface area contributed by atoms with Crippen molar-refractivity contribution in [3.8, 4) is 0 Å². The number of carbonyl (C=O) groups excluding carboxylic acids is 1. The molecule has 1 heterocycles. The fraction of sp³-hybridized carbons (Fsp3) is 0.467. The molecule has 1 aromatic rings. The number of aliphatic imine (C=N–C) groups is 1. The standard InChI is InChI=1S/C15H19NO/c17-12-14-8-6-13(7-9-14)11-15-5-3-1-2-4-10-16-15/h6-9,12H,1-5,10-11H2. The molecule has 0 N–H and O–H groups in total. The molecule has 0 fully saturated rings. The van der Waals surface area contributed by atoms with Crippen LogP contribution in [0.1, 0.15) is 48.0 Å². The van der Waals surface area contributed by atoms with E-state index in [0.717, 1.165) is 31.2 Å². The number of carbonyl (C=O) groups is 1. The Balaban J connectivity index is 2.00. The fourth-order valence-corrected chi connectivity index (χ4v) is 2.20. The van der Waals surface area contributed by atoms with Gasteiger partial charge in [-0.25, -0.2) is 0 Å².